The highest BCUT2D eigenvalue weighted by Crippen LogP contribution is 2.11. The molecule has 0 amide bonds. The third kappa shape index (κ3) is 7.13. The highest BCUT2D eigenvalue weighted by molar-refractivity contribution is 14.0. The van der Waals surface area contributed by atoms with Crippen molar-refractivity contribution >= 4 is 29.9 Å². The van der Waals surface area contributed by atoms with E-state index in [2.05, 4.69) is 42.8 Å². The fourth-order valence-electron chi connectivity index (χ4n) is 1.99. The van der Waals surface area contributed by atoms with Crippen molar-refractivity contribution in [2.24, 2.45) is 10.7 Å². The maximum Gasteiger partial charge on any atom is 0.191 e. The molecule has 0 aliphatic heterocycles. The molecule has 1 rings (SSSR count). The Bertz CT molecular complexity index is 420. The molecule has 21 heavy (non-hydrogen) atoms. The SMILES string of the molecule is CCCOCc1ccccc1CN=C(N)N(CC)CC.I. The van der Waals surface area contributed by atoms with Crippen molar-refractivity contribution in [3.8, 4) is 0 Å². The molecule has 4 nitrogen and oxygen atoms in total. The van der Waals surface area contributed by atoms with E-state index >= 15 is 0 Å². The van der Waals surface area contributed by atoms with E-state index in [1.54, 1.807) is 0 Å². The zero-order chi connectivity index (χ0) is 14.8. The Morgan fingerprint density at radius 3 is 2.33 bits per heavy atom. The zero-order valence-electron chi connectivity index (χ0n) is 13.3. The molecule has 0 radical (unpaired) electrons. The lowest BCUT2D eigenvalue weighted by Gasteiger charge is -2.19. The summed E-state index contributed by atoms with van der Waals surface area (Å²) in [6, 6.07) is 8.24. The van der Waals surface area contributed by atoms with Crippen LogP contribution in [0.5, 0.6) is 0 Å². The summed E-state index contributed by atoms with van der Waals surface area (Å²) in [6.45, 7) is 10.1. The summed E-state index contributed by atoms with van der Waals surface area (Å²) in [5.74, 6) is 0.610. The summed E-state index contributed by atoms with van der Waals surface area (Å²) in [6.07, 6.45) is 1.04. The number of benzene rings is 1. The van der Waals surface area contributed by atoms with Gasteiger partial charge in [0.2, 0.25) is 0 Å². The van der Waals surface area contributed by atoms with E-state index in [0.717, 1.165) is 26.1 Å². The smallest absolute Gasteiger partial charge is 0.191 e. The van der Waals surface area contributed by atoms with Crippen LogP contribution in [0.25, 0.3) is 0 Å². The fourth-order valence-corrected chi connectivity index (χ4v) is 1.99. The van der Waals surface area contributed by atoms with E-state index in [9.17, 15) is 0 Å². The van der Waals surface area contributed by atoms with Gasteiger partial charge in [-0.2, -0.15) is 0 Å². The summed E-state index contributed by atoms with van der Waals surface area (Å²) in [5.41, 5.74) is 8.37. The van der Waals surface area contributed by atoms with Crippen molar-refractivity contribution in [2.45, 2.75) is 40.3 Å². The second-order valence-electron chi connectivity index (χ2n) is 4.67. The first-order valence-electron chi connectivity index (χ1n) is 7.42. The molecule has 0 aromatic heterocycles. The molecule has 0 unspecified atom stereocenters. The summed E-state index contributed by atoms with van der Waals surface area (Å²) in [7, 11) is 0. The highest BCUT2D eigenvalue weighted by atomic mass is 127. The number of aliphatic imine (C=N–C) groups is 1. The zero-order valence-corrected chi connectivity index (χ0v) is 15.7. The van der Waals surface area contributed by atoms with Crippen LogP contribution >= 0.6 is 24.0 Å². The Kier molecular flexibility index (Phi) is 11.3. The molecule has 0 aliphatic carbocycles. The van der Waals surface area contributed by atoms with Crippen molar-refractivity contribution in [1.82, 2.24) is 4.90 Å². The molecular weight excluding hydrogens is 377 g/mol. The predicted molar refractivity (Wildman–Crippen MR) is 100 cm³/mol. The van der Waals surface area contributed by atoms with Gasteiger partial charge in [-0.3, -0.25) is 0 Å². The van der Waals surface area contributed by atoms with Crippen LogP contribution in [0.2, 0.25) is 0 Å². The molecule has 0 heterocycles. The monoisotopic (exact) mass is 405 g/mol. The highest BCUT2D eigenvalue weighted by Gasteiger charge is 2.04. The van der Waals surface area contributed by atoms with Gasteiger partial charge in [0.1, 0.15) is 0 Å². The predicted octanol–water partition coefficient (Wildman–Crippen LogP) is 3.39. The quantitative estimate of drug-likeness (QED) is 0.312. The van der Waals surface area contributed by atoms with Crippen LogP contribution in [0.3, 0.4) is 0 Å². The Morgan fingerprint density at radius 1 is 1.14 bits per heavy atom. The summed E-state index contributed by atoms with van der Waals surface area (Å²) >= 11 is 0. The Hall–Kier alpha value is -0.820. The molecule has 0 bridgehead atoms. The topological polar surface area (TPSA) is 50.9 Å². The van der Waals surface area contributed by atoms with Crippen molar-refractivity contribution in [2.75, 3.05) is 19.7 Å². The lowest BCUT2D eigenvalue weighted by atomic mass is 10.1. The third-order valence-corrected chi connectivity index (χ3v) is 3.22. The van der Waals surface area contributed by atoms with E-state index < -0.39 is 0 Å². The Balaban J connectivity index is 0.00000400. The second-order valence-corrected chi connectivity index (χ2v) is 4.67. The average molecular weight is 405 g/mol. The number of halogens is 1. The van der Waals surface area contributed by atoms with E-state index in [1.165, 1.54) is 11.1 Å². The van der Waals surface area contributed by atoms with E-state index in [4.69, 9.17) is 10.5 Å². The second kappa shape index (κ2) is 11.8. The van der Waals surface area contributed by atoms with E-state index in [-0.39, 0.29) is 24.0 Å². The standard InChI is InChI=1S/C16H27N3O.HI/c1-4-11-20-13-15-10-8-7-9-14(15)12-18-16(17)19(5-2)6-3;/h7-10H,4-6,11-13H2,1-3H3,(H2,17,18);1H. The maximum absolute atomic E-state index is 6.00. The van der Waals surface area contributed by atoms with Crippen molar-refractivity contribution in [1.29, 1.82) is 0 Å². The third-order valence-electron chi connectivity index (χ3n) is 3.22. The first-order valence-corrected chi connectivity index (χ1v) is 7.42. The van der Waals surface area contributed by atoms with Gasteiger partial charge in [0.05, 0.1) is 13.2 Å². The molecule has 1 aromatic carbocycles. The molecule has 1 aromatic rings. The number of hydrogen-bond donors (Lipinski definition) is 1. The van der Waals surface area contributed by atoms with Crippen LogP contribution in [0.1, 0.15) is 38.3 Å². The first kappa shape index (κ1) is 20.2. The molecule has 0 spiro atoms. The number of ether oxygens (including phenoxy) is 1. The number of nitrogens with zero attached hydrogens (tertiary/aromatic N) is 2. The maximum atomic E-state index is 6.00. The molecule has 0 fully saturated rings. The van der Waals surface area contributed by atoms with Crippen LogP contribution in [-0.2, 0) is 17.9 Å². The molecule has 0 saturated carbocycles. The van der Waals surface area contributed by atoms with Crippen LogP contribution in [0, 0.1) is 0 Å². The van der Waals surface area contributed by atoms with Gasteiger partial charge in [-0.05, 0) is 31.4 Å². The summed E-state index contributed by atoms with van der Waals surface area (Å²) < 4.78 is 5.62. The Morgan fingerprint density at radius 2 is 1.76 bits per heavy atom. The van der Waals surface area contributed by atoms with Gasteiger partial charge in [-0.1, -0.05) is 31.2 Å². The normalized spacial score (nSPS) is 11.1. The van der Waals surface area contributed by atoms with Gasteiger partial charge >= 0.3 is 0 Å². The van der Waals surface area contributed by atoms with Gasteiger partial charge in [0.15, 0.2) is 5.96 Å². The molecule has 2 N–H and O–H groups in total. The fraction of sp³-hybridized carbons (Fsp3) is 0.562. The Labute approximate surface area is 145 Å². The van der Waals surface area contributed by atoms with Crippen LogP contribution in [0.4, 0.5) is 0 Å². The van der Waals surface area contributed by atoms with Gasteiger partial charge in [-0.15, -0.1) is 24.0 Å². The van der Waals surface area contributed by atoms with E-state index in [1.807, 2.05) is 12.1 Å². The average Bonchev–Trinajstić information content (AvgIpc) is 2.48. The minimum Gasteiger partial charge on any atom is -0.377 e. The summed E-state index contributed by atoms with van der Waals surface area (Å²) in [4.78, 5) is 6.54. The van der Waals surface area contributed by atoms with E-state index in [0.29, 0.717) is 19.1 Å². The van der Waals surface area contributed by atoms with Crippen molar-refractivity contribution in [3.63, 3.8) is 0 Å². The van der Waals surface area contributed by atoms with Gasteiger partial charge < -0.3 is 15.4 Å². The first-order chi connectivity index (χ1) is 9.72. The van der Waals surface area contributed by atoms with Crippen LogP contribution in [0.15, 0.2) is 29.3 Å². The number of rotatable bonds is 8. The minimum absolute atomic E-state index is 0. The lowest BCUT2D eigenvalue weighted by Crippen LogP contribution is -2.37. The molecule has 120 valence electrons. The van der Waals surface area contributed by atoms with Crippen LogP contribution < -0.4 is 5.73 Å². The van der Waals surface area contributed by atoms with Gasteiger partial charge in [0.25, 0.3) is 0 Å². The largest absolute Gasteiger partial charge is 0.377 e. The molecule has 0 aliphatic rings. The number of nitrogens with two attached hydrogens (primary N) is 1. The van der Waals surface area contributed by atoms with Gasteiger partial charge in [0, 0.05) is 19.7 Å². The number of guanidine groups is 1. The molecule has 5 heteroatoms. The van der Waals surface area contributed by atoms with Crippen molar-refractivity contribution < 1.29 is 4.74 Å². The molecule has 0 saturated heterocycles. The van der Waals surface area contributed by atoms with Gasteiger partial charge in [-0.25, -0.2) is 4.99 Å². The molecule has 0 atom stereocenters. The lowest BCUT2D eigenvalue weighted by molar-refractivity contribution is 0.121. The van der Waals surface area contributed by atoms with Crippen LogP contribution in [-0.4, -0.2) is 30.6 Å². The minimum atomic E-state index is 0. The van der Waals surface area contributed by atoms with Crippen molar-refractivity contribution in [3.05, 3.63) is 35.4 Å². The molecular formula is C16H28IN3O. The summed E-state index contributed by atoms with van der Waals surface area (Å²) in [5, 5.41) is 0. The number of hydrogen-bond acceptors (Lipinski definition) is 2.